The smallest absolute Gasteiger partial charge is 0.272 e. The highest BCUT2D eigenvalue weighted by molar-refractivity contribution is 6.08. The van der Waals surface area contributed by atoms with Crippen LogP contribution < -0.4 is 10.2 Å². The van der Waals surface area contributed by atoms with Gasteiger partial charge in [-0.25, -0.2) is 10.4 Å². The Morgan fingerprint density at radius 3 is 2.61 bits per heavy atom. The molecule has 0 atom stereocenters. The summed E-state index contributed by atoms with van der Waals surface area (Å²) in [5.41, 5.74) is 5.91. The standard InChI is InChI=1S/C26H23N3O4/c1-3-22(21-14-17(30)11-12-25(21)31)28-29-26(32)20-15-24(16-7-6-8-18(13-16)33-2)27-23-10-5-4-9-19(20)23/h4-15,30-31H,3H2,1-2H3,(H,29,32)/b28-22+. The number of hydrogen-bond donors (Lipinski definition) is 3. The van der Waals surface area contributed by atoms with Gasteiger partial charge in [-0.3, -0.25) is 4.79 Å². The third kappa shape index (κ3) is 4.62. The Labute approximate surface area is 191 Å². The van der Waals surface area contributed by atoms with Crippen molar-refractivity contribution in [3.05, 3.63) is 83.9 Å². The van der Waals surface area contributed by atoms with Gasteiger partial charge in [0.1, 0.15) is 17.2 Å². The largest absolute Gasteiger partial charge is 0.508 e. The summed E-state index contributed by atoms with van der Waals surface area (Å²) in [6, 6.07) is 20.8. The molecule has 0 saturated heterocycles. The molecule has 0 aliphatic heterocycles. The van der Waals surface area contributed by atoms with Gasteiger partial charge in [0.25, 0.3) is 5.91 Å². The number of carbonyl (C=O) groups excluding carboxylic acids is 1. The average Bonchev–Trinajstić information content (AvgIpc) is 2.85. The summed E-state index contributed by atoms with van der Waals surface area (Å²) in [5.74, 6) is 0.246. The van der Waals surface area contributed by atoms with Crippen LogP contribution >= 0.6 is 0 Å². The van der Waals surface area contributed by atoms with Crippen LogP contribution in [0.25, 0.3) is 22.2 Å². The molecule has 0 spiro atoms. The monoisotopic (exact) mass is 441 g/mol. The maximum absolute atomic E-state index is 13.2. The van der Waals surface area contributed by atoms with Crippen molar-refractivity contribution in [2.24, 2.45) is 5.10 Å². The van der Waals surface area contributed by atoms with Crippen molar-refractivity contribution in [1.29, 1.82) is 0 Å². The Bertz CT molecular complexity index is 1370. The topological polar surface area (TPSA) is 104 Å². The van der Waals surface area contributed by atoms with Crippen LogP contribution in [0.2, 0.25) is 0 Å². The number of ether oxygens (including phenoxy) is 1. The molecule has 0 bridgehead atoms. The number of benzene rings is 3. The number of carbonyl (C=O) groups is 1. The number of aromatic nitrogens is 1. The highest BCUT2D eigenvalue weighted by Crippen LogP contribution is 2.28. The zero-order valence-electron chi connectivity index (χ0n) is 18.2. The van der Waals surface area contributed by atoms with E-state index in [2.05, 4.69) is 10.5 Å². The SMILES string of the molecule is CC/C(=N\NC(=O)c1cc(-c2cccc(OC)c2)nc2ccccc12)c1cc(O)ccc1O. The van der Waals surface area contributed by atoms with Gasteiger partial charge in [0, 0.05) is 16.5 Å². The Kier molecular flexibility index (Phi) is 6.22. The molecular formula is C26H23N3O4. The first-order valence-electron chi connectivity index (χ1n) is 10.4. The van der Waals surface area contributed by atoms with Gasteiger partial charge in [-0.1, -0.05) is 37.3 Å². The number of para-hydroxylation sites is 1. The molecule has 1 aromatic heterocycles. The number of amides is 1. The van der Waals surface area contributed by atoms with Gasteiger partial charge in [-0.05, 0) is 48.9 Å². The van der Waals surface area contributed by atoms with E-state index in [-0.39, 0.29) is 11.5 Å². The van der Waals surface area contributed by atoms with E-state index in [1.807, 2.05) is 55.5 Å². The first-order valence-corrected chi connectivity index (χ1v) is 10.4. The molecule has 1 amide bonds. The number of phenols is 2. The molecule has 0 saturated carbocycles. The summed E-state index contributed by atoms with van der Waals surface area (Å²) < 4.78 is 5.32. The lowest BCUT2D eigenvalue weighted by Crippen LogP contribution is -2.20. The fourth-order valence-electron chi connectivity index (χ4n) is 3.56. The summed E-state index contributed by atoms with van der Waals surface area (Å²) in [6.07, 6.45) is 0.434. The molecule has 3 N–H and O–H groups in total. The number of nitrogens with zero attached hydrogens (tertiary/aromatic N) is 2. The lowest BCUT2D eigenvalue weighted by Gasteiger charge is -2.11. The van der Waals surface area contributed by atoms with Crippen LogP contribution in [-0.2, 0) is 0 Å². The molecule has 0 aliphatic carbocycles. The van der Waals surface area contributed by atoms with Gasteiger partial charge < -0.3 is 14.9 Å². The lowest BCUT2D eigenvalue weighted by molar-refractivity contribution is 0.0956. The molecule has 0 aliphatic rings. The summed E-state index contributed by atoms with van der Waals surface area (Å²) in [5, 5.41) is 24.8. The molecule has 7 heteroatoms. The minimum atomic E-state index is -0.414. The van der Waals surface area contributed by atoms with Gasteiger partial charge in [0.15, 0.2) is 0 Å². The molecule has 7 nitrogen and oxygen atoms in total. The summed E-state index contributed by atoms with van der Waals surface area (Å²) in [4.78, 5) is 17.9. The molecule has 3 aromatic carbocycles. The van der Waals surface area contributed by atoms with Gasteiger partial charge in [-0.15, -0.1) is 0 Å². The van der Waals surface area contributed by atoms with Crippen LogP contribution in [0.5, 0.6) is 17.2 Å². The number of pyridine rings is 1. The zero-order valence-corrected chi connectivity index (χ0v) is 18.2. The second-order valence-electron chi connectivity index (χ2n) is 7.36. The van der Waals surface area contributed by atoms with Gasteiger partial charge >= 0.3 is 0 Å². The maximum atomic E-state index is 13.2. The van der Waals surface area contributed by atoms with E-state index < -0.39 is 5.91 Å². The minimum absolute atomic E-state index is 0.00154. The number of fused-ring (bicyclic) bond motifs is 1. The molecule has 1 heterocycles. The van der Waals surface area contributed by atoms with Crippen molar-refractivity contribution in [3.8, 4) is 28.5 Å². The van der Waals surface area contributed by atoms with Crippen LogP contribution in [0.3, 0.4) is 0 Å². The average molecular weight is 441 g/mol. The Balaban J connectivity index is 1.74. The molecule has 0 fully saturated rings. The zero-order chi connectivity index (χ0) is 23.4. The maximum Gasteiger partial charge on any atom is 0.272 e. The van der Waals surface area contributed by atoms with Crippen LogP contribution in [-0.4, -0.2) is 33.9 Å². The fourth-order valence-corrected chi connectivity index (χ4v) is 3.56. The van der Waals surface area contributed by atoms with Crippen molar-refractivity contribution in [2.75, 3.05) is 7.11 Å². The molecule has 4 aromatic rings. The van der Waals surface area contributed by atoms with Crippen molar-refractivity contribution >= 4 is 22.5 Å². The van der Waals surface area contributed by atoms with Crippen molar-refractivity contribution in [2.45, 2.75) is 13.3 Å². The van der Waals surface area contributed by atoms with E-state index in [0.717, 1.165) is 5.56 Å². The third-order valence-electron chi connectivity index (χ3n) is 5.24. The summed E-state index contributed by atoms with van der Waals surface area (Å²) >= 11 is 0. The summed E-state index contributed by atoms with van der Waals surface area (Å²) in [7, 11) is 1.60. The van der Waals surface area contributed by atoms with Crippen molar-refractivity contribution in [1.82, 2.24) is 10.4 Å². The third-order valence-corrected chi connectivity index (χ3v) is 5.24. The Hall–Kier alpha value is -4.39. The van der Waals surface area contributed by atoms with Gasteiger partial charge in [-0.2, -0.15) is 5.10 Å². The number of phenolic OH excluding ortho intramolecular Hbond substituents is 2. The molecular weight excluding hydrogens is 418 g/mol. The lowest BCUT2D eigenvalue weighted by atomic mass is 10.0. The normalized spacial score (nSPS) is 11.4. The van der Waals surface area contributed by atoms with E-state index in [1.54, 1.807) is 13.2 Å². The second kappa shape index (κ2) is 9.40. The highest BCUT2D eigenvalue weighted by Gasteiger charge is 2.15. The second-order valence-corrected chi connectivity index (χ2v) is 7.36. The molecule has 0 unspecified atom stereocenters. The quantitative estimate of drug-likeness (QED) is 0.225. The van der Waals surface area contributed by atoms with E-state index in [4.69, 9.17) is 9.72 Å². The summed E-state index contributed by atoms with van der Waals surface area (Å²) in [6.45, 7) is 1.84. The molecule has 166 valence electrons. The predicted octanol–water partition coefficient (Wildman–Crippen LogP) is 4.87. The van der Waals surface area contributed by atoms with Gasteiger partial charge in [0.05, 0.1) is 29.6 Å². The van der Waals surface area contributed by atoms with Gasteiger partial charge in [0.2, 0.25) is 0 Å². The van der Waals surface area contributed by atoms with Crippen LogP contribution in [0.1, 0.15) is 29.3 Å². The molecule has 33 heavy (non-hydrogen) atoms. The first-order chi connectivity index (χ1) is 16.0. The fraction of sp³-hybridized carbons (Fsp3) is 0.115. The number of methoxy groups -OCH3 is 1. The van der Waals surface area contributed by atoms with E-state index in [9.17, 15) is 15.0 Å². The highest BCUT2D eigenvalue weighted by atomic mass is 16.5. The minimum Gasteiger partial charge on any atom is -0.508 e. The van der Waals surface area contributed by atoms with Crippen molar-refractivity contribution in [3.63, 3.8) is 0 Å². The number of rotatable bonds is 6. The molecule has 0 radical (unpaired) electrons. The number of aromatic hydroxyl groups is 2. The number of hydrogen-bond acceptors (Lipinski definition) is 6. The van der Waals surface area contributed by atoms with E-state index in [1.165, 1.54) is 18.2 Å². The Morgan fingerprint density at radius 2 is 1.82 bits per heavy atom. The van der Waals surface area contributed by atoms with Crippen LogP contribution in [0.4, 0.5) is 0 Å². The number of hydrazone groups is 1. The Morgan fingerprint density at radius 1 is 1.00 bits per heavy atom. The van der Waals surface area contributed by atoms with Crippen molar-refractivity contribution < 1.29 is 19.7 Å². The number of nitrogens with one attached hydrogen (secondary N) is 1. The van der Waals surface area contributed by atoms with E-state index >= 15 is 0 Å². The van der Waals surface area contributed by atoms with Crippen LogP contribution in [0.15, 0.2) is 77.9 Å². The van der Waals surface area contributed by atoms with E-state index in [0.29, 0.717) is 45.6 Å². The predicted molar refractivity (Wildman–Crippen MR) is 128 cm³/mol. The van der Waals surface area contributed by atoms with Crippen LogP contribution in [0, 0.1) is 0 Å². The first kappa shape index (κ1) is 21.8. The molecule has 4 rings (SSSR count).